The third-order valence-electron chi connectivity index (χ3n) is 4.08. The summed E-state index contributed by atoms with van der Waals surface area (Å²) in [5, 5.41) is 0. The number of hydrogen-bond acceptors (Lipinski definition) is 2. The van der Waals surface area contributed by atoms with Crippen LogP contribution in [0.25, 0.3) is 0 Å². The molecule has 3 nitrogen and oxygen atoms in total. The van der Waals surface area contributed by atoms with Gasteiger partial charge in [-0.3, -0.25) is 4.79 Å². The van der Waals surface area contributed by atoms with E-state index >= 15 is 0 Å². The summed E-state index contributed by atoms with van der Waals surface area (Å²) in [4.78, 5) is 14.5. The summed E-state index contributed by atoms with van der Waals surface area (Å²) in [6.45, 7) is 5.92. The minimum absolute atomic E-state index is 0.160. The van der Waals surface area contributed by atoms with Gasteiger partial charge in [-0.25, -0.2) is 0 Å². The van der Waals surface area contributed by atoms with Gasteiger partial charge in [0, 0.05) is 19.1 Å². The van der Waals surface area contributed by atoms with Crippen LogP contribution in [0.5, 0.6) is 0 Å². The summed E-state index contributed by atoms with van der Waals surface area (Å²) in [5.41, 5.74) is 7.27. The molecule has 1 aliphatic rings. The van der Waals surface area contributed by atoms with E-state index in [1.165, 1.54) is 6.42 Å². The lowest BCUT2D eigenvalue weighted by molar-refractivity contribution is -0.137. The molecule has 104 valence electrons. The first-order valence-electron chi connectivity index (χ1n) is 7.19. The molecule has 1 saturated heterocycles. The maximum atomic E-state index is 12.5. The van der Waals surface area contributed by atoms with Crippen LogP contribution >= 0.6 is 0 Å². The van der Waals surface area contributed by atoms with Gasteiger partial charge in [-0.1, -0.05) is 44.2 Å². The second-order valence-corrected chi connectivity index (χ2v) is 5.76. The van der Waals surface area contributed by atoms with Crippen LogP contribution in [0.15, 0.2) is 30.3 Å². The fourth-order valence-electron chi connectivity index (χ4n) is 2.80. The Balaban J connectivity index is 2.02. The third kappa shape index (κ3) is 3.35. The summed E-state index contributed by atoms with van der Waals surface area (Å²) in [6, 6.07) is 9.67. The van der Waals surface area contributed by atoms with E-state index < -0.39 is 0 Å². The van der Waals surface area contributed by atoms with Crippen LogP contribution in [0.1, 0.15) is 38.3 Å². The van der Waals surface area contributed by atoms with Gasteiger partial charge in [0.05, 0.1) is 5.92 Å². The number of amides is 1. The first-order chi connectivity index (χ1) is 9.09. The van der Waals surface area contributed by atoms with E-state index in [9.17, 15) is 4.79 Å². The van der Waals surface area contributed by atoms with Gasteiger partial charge in [-0.05, 0) is 24.3 Å². The number of hydrogen-bond donors (Lipinski definition) is 1. The Hall–Kier alpha value is -1.35. The molecule has 3 heteroatoms. The molecule has 1 aromatic rings. The Labute approximate surface area is 115 Å². The quantitative estimate of drug-likeness (QED) is 0.908. The Morgan fingerprint density at radius 1 is 1.37 bits per heavy atom. The molecular weight excluding hydrogens is 236 g/mol. The number of piperidine rings is 1. The van der Waals surface area contributed by atoms with Gasteiger partial charge in [-0.2, -0.15) is 0 Å². The number of benzene rings is 1. The average molecular weight is 260 g/mol. The number of nitrogens with zero attached hydrogens (tertiary/aromatic N) is 1. The van der Waals surface area contributed by atoms with Crippen LogP contribution in [0.3, 0.4) is 0 Å². The Morgan fingerprint density at radius 2 is 2.05 bits per heavy atom. The third-order valence-corrected chi connectivity index (χ3v) is 4.08. The SMILES string of the molecule is CC1CCCN(C(=O)C(C)C(N)c2ccccc2)C1. The van der Waals surface area contributed by atoms with E-state index in [0.717, 1.165) is 25.1 Å². The van der Waals surface area contributed by atoms with E-state index in [0.29, 0.717) is 5.92 Å². The van der Waals surface area contributed by atoms with Crippen molar-refractivity contribution in [2.75, 3.05) is 13.1 Å². The monoisotopic (exact) mass is 260 g/mol. The maximum absolute atomic E-state index is 12.5. The number of carbonyl (C=O) groups is 1. The second-order valence-electron chi connectivity index (χ2n) is 5.76. The van der Waals surface area contributed by atoms with Gasteiger partial charge < -0.3 is 10.6 Å². The topological polar surface area (TPSA) is 46.3 Å². The standard InChI is InChI=1S/C16H24N2O/c1-12-7-6-10-18(11-12)16(19)13(2)15(17)14-8-4-3-5-9-14/h3-5,8-9,12-13,15H,6-7,10-11,17H2,1-2H3. The van der Waals surface area contributed by atoms with E-state index in [2.05, 4.69) is 6.92 Å². The van der Waals surface area contributed by atoms with Crippen molar-refractivity contribution in [1.29, 1.82) is 0 Å². The average Bonchev–Trinajstić information content (AvgIpc) is 2.46. The van der Waals surface area contributed by atoms with Crippen molar-refractivity contribution < 1.29 is 4.79 Å². The molecule has 2 N–H and O–H groups in total. The lowest BCUT2D eigenvalue weighted by atomic mass is 9.92. The van der Waals surface area contributed by atoms with E-state index in [-0.39, 0.29) is 17.9 Å². The molecule has 1 fully saturated rings. The second kappa shape index (κ2) is 6.20. The fourth-order valence-corrected chi connectivity index (χ4v) is 2.80. The highest BCUT2D eigenvalue weighted by atomic mass is 16.2. The Morgan fingerprint density at radius 3 is 2.68 bits per heavy atom. The molecule has 0 aromatic heterocycles. The van der Waals surface area contributed by atoms with Crippen molar-refractivity contribution in [3.8, 4) is 0 Å². The van der Waals surface area contributed by atoms with Crippen LogP contribution in [-0.2, 0) is 4.79 Å². The number of nitrogens with two attached hydrogens (primary N) is 1. The number of carbonyl (C=O) groups excluding carboxylic acids is 1. The van der Waals surface area contributed by atoms with Crippen LogP contribution in [-0.4, -0.2) is 23.9 Å². The van der Waals surface area contributed by atoms with Gasteiger partial charge in [0.2, 0.25) is 5.91 Å². The molecular formula is C16H24N2O. The summed E-state index contributed by atoms with van der Waals surface area (Å²) < 4.78 is 0. The highest BCUT2D eigenvalue weighted by molar-refractivity contribution is 5.79. The minimum Gasteiger partial charge on any atom is -0.342 e. The molecule has 1 amide bonds. The van der Waals surface area contributed by atoms with Gasteiger partial charge in [-0.15, -0.1) is 0 Å². The zero-order chi connectivity index (χ0) is 13.8. The summed E-state index contributed by atoms with van der Waals surface area (Å²) >= 11 is 0. The van der Waals surface area contributed by atoms with Crippen molar-refractivity contribution in [3.05, 3.63) is 35.9 Å². The summed E-state index contributed by atoms with van der Waals surface area (Å²) in [7, 11) is 0. The van der Waals surface area contributed by atoms with Gasteiger partial charge >= 0.3 is 0 Å². The Bertz CT molecular complexity index is 418. The molecule has 0 saturated carbocycles. The van der Waals surface area contributed by atoms with Gasteiger partial charge in [0.15, 0.2) is 0 Å². The summed E-state index contributed by atoms with van der Waals surface area (Å²) in [6.07, 6.45) is 2.34. The minimum atomic E-state index is -0.217. The molecule has 3 unspecified atom stereocenters. The van der Waals surface area contributed by atoms with E-state index in [1.54, 1.807) is 0 Å². The molecule has 0 spiro atoms. The first-order valence-corrected chi connectivity index (χ1v) is 7.19. The van der Waals surface area contributed by atoms with E-state index in [1.807, 2.05) is 42.2 Å². The largest absolute Gasteiger partial charge is 0.342 e. The normalized spacial score (nSPS) is 22.9. The van der Waals surface area contributed by atoms with Gasteiger partial charge in [0.25, 0.3) is 0 Å². The molecule has 1 aliphatic heterocycles. The molecule has 0 bridgehead atoms. The molecule has 3 atom stereocenters. The van der Waals surface area contributed by atoms with Crippen molar-refractivity contribution in [1.82, 2.24) is 4.90 Å². The van der Waals surface area contributed by atoms with Gasteiger partial charge in [0.1, 0.15) is 0 Å². The van der Waals surface area contributed by atoms with Crippen LogP contribution in [0.2, 0.25) is 0 Å². The van der Waals surface area contributed by atoms with Crippen molar-refractivity contribution in [3.63, 3.8) is 0 Å². The van der Waals surface area contributed by atoms with Crippen LogP contribution in [0.4, 0.5) is 0 Å². The predicted octanol–water partition coefficient (Wildman–Crippen LogP) is 2.58. The lowest BCUT2D eigenvalue weighted by Crippen LogP contribution is -2.44. The maximum Gasteiger partial charge on any atom is 0.227 e. The fraction of sp³-hybridized carbons (Fsp3) is 0.562. The molecule has 19 heavy (non-hydrogen) atoms. The van der Waals surface area contributed by atoms with Crippen molar-refractivity contribution in [2.45, 2.75) is 32.7 Å². The number of rotatable bonds is 3. The van der Waals surface area contributed by atoms with Crippen LogP contribution < -0.4 is 5.73 Å². The van der Waals surface area contributed by atoms with E-state index in [4.69, 9.17) is 5.73 Å². The Kier molecular flexibility index (Phi) is 4.59. The molecule has 0 aliphatic carbocycles. The highest BCUT2D eigenvalue weighted by Gasteiger charge is 2.28. The summed E-state index contributed by atoms with van der Waals surface area (Å²) in [5.74, 6) is 0.647. The zero-order valence-corrected chi connectivity index (χ0v) is 11.9. The highest BCUT2D eigenvalue weighted by Crippen LogP contribution is 2.24. The van der Waals surface area contributed by atoms with Crippen molar-refractivity contribution >= 4 is 5.91 Å². The smallest absolute Gasteiger partial charge is 0.227 e. The van der Waals surface area contributed by atoms with Crippen LogP contribution in [0, 0.1) is 11.8 Å². The molecule has 1 heterocycles. The molecule has 0 radical (unpaired) electrons. The lowest BCUT2D eigenvalue weighted by Gasteiger charge is -2.34. The predicted molar refractivity (Wildman–Crippen MR) is 77.5 cm³/mol. The number of likely N-dealkylation sites (tertiary alicyclic amines) is 1. The van der Waals surface area contributed by atoms with Crippen molar-refractivity contribution in [2.24, 2.45) is 17.6 Å². The molecule has 2 rings (SSSR count). The zero-order valence-electron chi connectivity index (χ0n) is 11.9. The molecule has 1 aromatic carbocycles. The first kappa shape index (κ1) is 14.1.